The number of hydrogen-bond acceptors (Lipinski definition) is 5. The number of rotatable bonds is 3. The first-order valence-electron chi connectivity index (χ1n) is 10.7. The Balaban J connectivity index is 1.67. The minimum absolute atomic E-state index is 0.213. The first-order chi connectivity index (χ1) is 15.9. The minimum atomic E-state index is -1.30. The average molecular weight is 459 g/mol. The predicted octanol–water partition coefficient (Wildman–Crippen LogP) is 4.45. The van der Waals surface area contributed by atoms with E-state index in [0.717, 1.165) is 0 Å². The number of thiophene rings is 1. The van der Waals surface area contributed by atoms with Gasteiger partial charge in [0, 0.05) is 16.9 Å². The van der Waals surface area contributed by atoms with Crippen molar-refractivity contribution in [3.05, 3.63) is 87.9 Å². The third kappa shape index (κ3) is 2.54. The van der Waals surface area contributed by atoms with E-state index in [1.54, 1.807) is 24.3 Å². The highest BCUT2D eigenvalue weighted by Crippen LogP contribution is 2.57. The zero-order chi connectivity index (χ0) is 22.9. The van der Waals surface area contributed by atoms with Crippen LogP contribution in [-0.4, -0.2) is 29.6 Å². The molecule has 0 saturated carbocycles. The summed E-state index contributed by atoms with van der Waals surface area (Å²) >= 11 is 1.30. The summed E-state index contributed by atoms with van der Waals surface area (Å²) in [4.78, 5) is 43.4. The fourth-order valence-corrected chi connectivity index (χ4v) is 6.58. The van der Waals surface area contributed by atoms with Crippen LogP contribution in [0.25, 0.3) is 6.08 Å². The van der Waals surface area contributed by atoms with Gasteiger partial charge in [-0.05, 0) is 48.2 Å². The second kappa shape index (κ2) is 6.96. The van der Waals surface area contributed by atoms with E-state index in [0.29, 0.717) is 27.4 Å². The maximum atomic E-state index is 14.0. The summed E-state index contributed by atoms with van der Waals surface area (Å²) in [7, 11) is 0. The maximum absolute atomic E-state index is 14.0. The highest BCUT2D eigenvalue weighted by molar-refractivity contribution is 7.12. The van der Waals surface area contributed by atoms with Gasteiger partial charge in [0.05, 0.1) is 22.9 Å². The molecule has 5 nitrogen and oxygen atoms in total. The molecule has 7 heteroatoms. The molecular weight excluding hydrogens is 439 g/mol. The van der Waals surface area contributed by atoms with E-state index in [-0.39, 0.29) is 23.3 Å². The lowest BCUT2D eigenvalue weighted by atomic mass is 9.65. The molecule has 3 aromatic rings. The Labute approximate surface area is 193 Å². The van der Waals surface area contributed by atoms with Crippen molar-refractivity contribution in [3.8, 4) is 0 Å². The van der Waals surface area contributed by atoms with Crippen LogP contribution in [0.3, 0.4) is 0 Å². The van der Waals surface area contributed by atoms with Gasteiger partial charge in [-0.1, -0.05) is 36.4 Å². The molecule has 0 radical (unpaired) electrons. The van der Waals surface area contributed by atoms with Crippen LogP contribution in [0.2, 0.25) is 0 Å². The summed E-state index contributed by atoms with van der Waals surface area (Å²) in [5, 5.41) is 4.78. The lowest BCUT2D eigenvalue weighted by Crippen LogP contribution is -2.51. The second-order valence-electron chi connectivity index (χ2n) is 8.66. The molecule has 1 aromatic heterocycles. The normalized spacial score (nSPS) is 26.7. The zero-order valence-corrected chi connectivity index (χ0v) is 18.4. The van der Waals surface area contributed by atoms with Gasteiger partial charge < -0.3 is 10.2 Å². The summed E-state index contributed by atoms with van der Waals surface area (Å²) in [6.07, 6.45) is 3.62. The smallest absolute Gasteiger partial charge is 0.238 e. The molecule has 1 spiro atoms. The number of amides is 1. The van der Waals surface area contributed by atoms with Crippen molar-refractivity contribution in [1.29, 1.82) is 0 Å². The summed E-state index contributed by atoms with van der Waals surface area (Å²) < 4.78 is 14.0. The van der Waals surface area contributed by atoms with Gasteiger partial charge in [0.25, 0.3) is 0 Å². The molecule has 1 amide bonds. The van der Waals surface area contributed by atoms with Crippen LogP contribution >= 0.6 is 11.3 Å². The third-order valence-corrected chi connectivity index (χ3v) is 7.94. The summed E-state index contributed by atoms with van der Waals surface area (Å²) in [6.45, 7) is 1.45. The molecule has 1 N–H and O–H groups in total. The predicted molar refractivity (Wildman–Crippen MR) is 125 cm³/mol. The number of ketones is 2. The molecule has 6 rings (SSSR count). The van der Waals surface area contributed by atoms with E-state index >= 15 is 0 Å². The molecule has 4 heterocycles. The van der Waals surface area contributed by atoms with Gasteiger partial charge in [-0.2, -0.15) is 0 Å². The van der Waals surface area contributed by atoms with Crippen molar-refractivity contribution in [2.24, 2.45) is 5.92 Å². The molecule has 0 bridgehead atoms. The maximum Gasteiger partial charge on any atom is 0.238 e. The zero-order valence-electron chi connectivity index (χ0n) is 17.6. The van der Waals surface area contributed by atoms with E-state index < -0.39 is 23.4 Å². The summed E-state index contributed by atoms with van der Waals surface area (Å²) in [5.74, 6) is -2.08. The number of carbonyl (C=O) groups is 3. The van der Waals surface area contributed by atoms with Crippen LogP contribution in [0.4, 0.5) is 15.8 Å². The van der Waals surface area contributed by atoms with Crippen LogP contribution in [0.15, 0.2) is 66.1 Å². The fourth-order valence-electron chi connectivity index (χ4n) is 5.88. The second-order valence-corrected chi connectivity index (χ2v) is 9.61. The number of fused-ring (bicyclic) bond motifs is 6. The van der Waals surface area contributed by atoms with E-state index in [2.05, 4.69) is 5.32 Å². The number of benzene rings is 2. The highest BCUT2D eigenvalue weighted by atomic mass is 32.1. The molecule has 1 fully saturated rings. The van der Waals surface area contributed by atoms with Gasteiger partial charge >= 0.3 is 0 Å². The lowest BCUT2D eigenvalue weighted by Gasteiger charge is -2.37. The number of nitrogens with zero attached hydrogens (tertiary/aromatic N) is 1. The van der Waals surface area contributed by atoms with E-state index in [4.69, 9.17) is 0 Å². The minimum Gasteiger partial charge on any atom is -0.352 e. The lowest BCUT2D eigenvalue weighted by molar-refractivity contribution is -0.122. The number of anilines is 2. The van der Waals surface area contributed by atoms with Crippen molar-refractivity contribution in [1.82, 2.24) is 0 Å². The monoisotopic (exact) mass is 458 g/mol. The number of halogens is 1. The van der Waals surface area contributed by atoms with Gasteiger partial charge in [-0.3, -0.25) is 14.4 Å². The largest absolute Gasteiger partial charge is 0.352 e. The fraction of sp³-hybridized carbons (Fsp3) is 0.192. The Hall–Kier alpha value is -3.58. The van der Waals surface area contributed by atoms with Gasteiger partial charge in [0.1, 0.15) is 11.2 Å². The van der Waals surface area contributed by atoms with Crippen molar-refractivity contribution < 1.29 is 18.8 Å². The van der Waals surface area contributed by atoms with Gasteiger partial charge in [0.15, 0.2) is 11.6 Å². The molecule has 4 atom stereocenters. The van der Waals surface area contributed by atoms with E-state index in [9.17, 15) is 18.8 Å². The Bertz CT molecular complexity index is 1370. The van der Waals surface area contributed by atoms with Crippen LogP contribution in [0, 0.1) is 11.7 Å². The molecule has 164 valence electrons. The number of Topliss-reactive ketones (excluding diaryl/α,β-unsaturated/α-hetero) is 2. The highest BCUT2D eigenvalue weighted by Gasteiger charge is 2.69. The van der Waals surface area contributed by atoms with Gasteiger partial charge in [-0.25, -0.2) is 4.39 Å². The first kappa shape index (κ1) is 20.1. The van der Waals surface area contributed by atoms with Crippen molar-refractivity contribution in [3.63, 3.8) is 0 Å². The topological polar surface area (TPSA) is 66.5 Å². The Morgan fingerprint density at radius 2 is 1.94 bits per heavy atom. The molecule has 2 aromatic carbocycles. The molecular formula is C26H19FN2O3S. The Morgan fingerprint density at radius 3 is 2.70 bits per heavy atom. The van der Waals surface area contributed by atoms with Crippen molar-refractivity contribution in [2.75, 3.05) is 10.2 Å². The Kier molecular flexibility index (Phi) is 4.23. The van der Waals surface area contributed by atoms with E-state index in [1.165, 1.54) is 30.4 Å². The number of hydrogen-bond donors (Lipinski definition) is 1. The summed E-state index contributed by atoms with van der Waals surface area (Å²) in [6, 6.07) is 13.8. The SMILES string of the molecule is CC(=O)[C@@H]1[C@H](C(=O)c2cccs2)[C@]2(C(=O)Nc3ccccc32)[C@H]2C=Cc3cc(F)ccc3N12. The molecule has 1 saturated heterocycles. The number of nitrogens with one attached hydrogen (secondary N) is 1. The quantitative estimate of drug-likeness (QED) is 0.589. The molecule has 3 aliphatic rings. The van der Waals surface area contributed by atoms with Crippen molar-refractivity contribution >= 4 is 46.3 Å². The van der Waals surface area contributed by atoms with Crippen LogP contribution in [0.5, 0.6) is 0 Å². The van der Waals surface area contributed by atoms with E-state index in [1.807, 2.05) is 40.6 Å². The average Bonchev–Trinajstić information content (AvgIpc) is 3.50. The number of para-hydroxylation sites is 1. The summed E-state index contributed by atoms with van der Waals surface area (Å²) in [5.41, 5.74) is 1.31. The number of carbonyl (C=O) groups excluding carboxylic acids is 3. The van der Waals surface area contributed by atoms with Crippen LogP contribution in [-0.2, 0) is 15.0 Å². The molecule has 3 aliphatic heterocycles. The molecule has 0 unspecified atom stereocenters. The molecule has 0 aliphatic carbocycles. The van der Waals surface area contributed by atoms with Crippen molar-refractivity contribution in [2.45, 2.75) is 24.4 Å². The Morgan fingerprint density at radius 1 is 1.12 bits per heavy atom. The van der Waals surface area contributed by atoms with Gasteiger partial charge in [0.2, 0.25) is 5.91 Å². The third-order valence-electron chi connectivity index (χ3n) is 7.06. The first-order valence-corrected chi connectivity index (χ1v) is 11.6. The van der Waals surface area contributed by atoms with Crippen LogP contribution in [0.1, 0.15) is 27.7 Å². The van der Waals surface area contributed by atoms with Crippen LogP contribution < -0.4 is 10.2 Å². The molecule has 33 heavy (non-hydrogen) atoms. The standard InChI is InChI=1S/C26H19FN2O3S/c1-14(30)23-22(24(31)20-7-4-12-33-20)26(17-5-2-3-6-18(17)28-25(26)32)21-11-8-15-13-16(27)9-10-19(15)29(21)23/h2-13,21-23H,1H3,(H,28,32)/t21-,22-,23-,26-/m1/s1. The van der Waals surface area contributed by atoms with Gasteiger partial charge in [-0.15, -0.1) is 11.3 Å².